The Morgan fingerprint density at radius 3 is 1.76 bits per heavy atom. The van der Waals surface area contributed by atoms with Gasteiger partial charge in [0.05, 0.1) is 0 Å². The predicted molar refractivity (Wildman–Crippen MR) is 109 cm³/mol. The molecule has 2 heterocycles. The van der Waals surface area contributed by atoms with E-state index in [2.05, 4.69) is 6.92 Å². The highest BCUT2D eigenvalue weighted by molar-refractivity contribution is 6.14. The minimum Gasteiger partial charge on any atom is -0.454 e. The molecular formula is C24H22O5. The summed E-state index contributed by atoms with van der Waals surface area (Å²) in [6.45, 7) is 2.67. The van der Waals surface area contributed by atoms with Gasteiger partial charge in [-0.05, 0) is 66.3 Å². The molecule has 1 saturated carbocycles. The molecule has 0 spiro atoms. The molecule has 5 heteroatoms. The highest BCUT2D eigenvalue weighted by Gasteiger charge is 2.27. The minimum absolute atomic E-state index is 0.116. The van der Waals surface area contributed by atoms with E-state index < -0.39 is 0 Å². The molecular weight excluding hydrogens is 368 g/mol. The maximum atomic E-state index is 13.2. The Balaban J connectivity index is 1.46. The number of benzene rings is 2. The zero-order valence-corrected chi connectivity index (χ0v) is 16.3. The van der Waals surface area contributed by atoms with Crippen LogP contribution in [0.5, 0.6) is 23.0 Å². The van der Waals surface area contributed by atoms with Crippen molar-refractivity contribution < 1.29 is 23.7 Å². The van der Waals surface area contributed by atoms with Crippen LogP contribution in [0.1, 0.15) is 37.3 Å². The molecule has 2 aromatic carbocycles. The summed E-state index contributed by atoms with van der Waals surface area (Å²) in [5.41, 5.74) is 3.59. The summed E-state index contributed by atoms with van der Waals surface area (Å²) in [5.74, 6) is 3.52. The smallest absolute Gasteiger partial charge is 0.231 e. The lowest BCUT2D eigenvalue weighted by molar-refractivity contribution is -0.113. The lowest BCUT2D eigenvalue weighted by atomic mass is 9.78. The van der Waals surface area contributed by atoms with Gasteiger partial charge in [0.15, 0.2) is 28.8 Å². The molecule has 0 amide bonds. The van der Waals surface area contributed by atoms with Gasteiger partial charge in [-0.2, -0.15) is 0 Å². The molecule has 2 aromatic rings. The Bertz CT molecular complexity index is 954. The zero-order valence-electron chi connectivity index (χ0n) is 16.3. The second kappa shape index (κ2) is 7.32. The number of hydrogen-bond acceptors (Lipinski definition) is 5. The number of fused-ring (bicyclic) bond motifs is 2. The van der Waals surface area contributed by atoms with Crippen LogP contribution in [0.4, 0.5) is 0 Å². The van der Waals surface area contributed by atoms with Crippen molar-refractivity contribution in [2.24, 2.45) is 5.92 Å². The molecule has 3 aliphatic rings. The maximum Gasteiger partial charge on any atom is 0.231 e. The van der Waals surface area contributed by atoms with E-state index in [4.69, 9.17) is 18.9 Å². The van der Waals surface area contributed by atoms with Crippen LogP contribution in [-0.2, 0) is 4.79 Å². The summed E-state index contributed by atoms with van der Waals surface area (Å²) in [4.78, 5) is 13.2. The van der Waals surface area contributed by atoms with Crippen LogP contribution in [0.3, 0.4) is 0 Å². The van der Waals surface area contributed by atoms with E-state index in [-0.39, 0.29) is 19.4 Å². The number of allylic oxidation sites excluding steroid dienone is 2. The van der Waals surface area contributed by atoms with E-state index in [1.807, 2.05) is 48.6 Å². The second-order valence-electron chi connectivity index (χ2n) is 7.58. The molecule has 0 aromatic heterocycles. The number of hydrogen-bond donors (Lipinski definition) is 0. The standard InChI is InChI=1S/C24H22O5/c1-2-15-7-18(9-16-3-5-20-22(11-16)28-13-26-20)24(25)19(8-15)10-17-4-6-21-23(12-17)29-14-27-21/h3-6,9-12,15H,2,7-8,13-14H2,1H3/b18-9-,19-10+. The van der Waals surface area contributed by atoms with E-state index in [0.717, 1.165) is 64.5 Å². The number of rotatable bonds is 3. The first-order valence-electron chi connectivity index (χ1n) is 9.95. The number of carbonyl (C=O) groups excluding carboxylic acids is 1. The first-order valence-corrected chi connectivity index (χ1v) is 9.95. The molecule has 1 atom stereocenters. The van der Waals surface area contributed by atoms with Crippen molar-refractivity contribution in [1.29, 1.82) is 0 Å². The Morgan fingerprint density at radius 2 is 1.28 bits per heavy atom. The average molecular weight is 390 g/mol. The third kappa shape index (κ3) is 3.48. The third-order valence-electron chi connectivity index (χ3n) is 5.65. The fraction of sp³-hybridized carbons (Fsp3) is 0.292. The molecule has 29 heavy (non-hydrogen) atoms. The van der Waals surface area contributed by atoms with Gasteiger partial charge in [0, 0.05) is 11.1 Å². The third-order valence-corrected chi connectivity index (χ3v) is 5.65. The van der Waals surface area contributed by atoms with Gasteiger partial charge < -0.3 is 18.9 Å². The molecule has 1 unspecified atom stereocenters. The van der Waals surface area contributed by atoms with E-state index >= 15 is 0 Å². The van der Waals surface area contributed by atoms with Crippen molar-refractivity contribution in [3.8, 4) is 23.0 Å². The predicted octanol–water partition coefficient (Wildman–Crippen LogP) is 5.00. The van der Waals surface area contributed by atoms with E-state index in [1.54, 1.807) is 0 Å². The highest BCUT2D eigenvalue weighted by Crippen LogP contribution is 2.38. The Labute approximate surface area is 169 Å². The van der Waals surface area contributed by atoms with Crippen LogP contribution in [-0.4, -0.2) is 19.4 Å². The van der Waals surface area contributed by atoms with Gasteiger partial charge in [-0.3, -0.25) is 4.79 Å². The molecule has 1 fully saturated rings. The lowest BCUT2D eigenvalue weighted by Gasteiger charge is -2.25. The van der Waals surface area contributed by atoms with Crippen molar-refractivity contribution in [1.82, 2.24) is 0 Å². The summed E-state index contributed by atoms with van der Waals surface area (Å²) < 4.78 is 21.7. The molecule has 2 aliphatic heterocycles. The minimum atomic E-state index is 0.116. The lowest BCUT2D eigenvalue weighted by Crippen LogP contribution is -2.19. The van der Waals surface area contributed by atoms with Crippen LogP contribution in [0, 0.1) is 5.92 Å². The van der Waals surface area contributed by atoms with Gasteiger partial charge in [-0.15, -0.1) is 0 Å². The van der Waals surface area contributed by atoms with Crippen molar-refractivity contribution in [2.45, 2.75) is 26.2 Å². The molecule has 0 bridgehead atoms. The summed E-state index contributed by atoms with van der Waals surface area (Å²) in [7, 11) is 0. The van der Waals surface area contributed by atoms with Crippen molar-refractivity contribution in [3.05, 3.63) is 58.7 Å². The van der Waals surface area contributed by atoms with E-state index in [9.17, 15) is 4.79 Å². The molecule has 1 aliphatic carbocycles. The largest absolute Gasteiger partial charge is 0.454 e. The van der Waals surface area contributed by atoms with Gasteiger partial charge in [0.1, 0.15) is 0 Å². The fourth-order valence-corrected chi connectivity index (χ4v) is 4.03. The molecule has 0 saturated heterocycles. The van der Waals surface area contributed by atoms with Crippen LogP contribution in [0.15, 0.2) is 47.5 Å². The van der Waals surface area contributed by atoms with Crippen molar-refractivity contribution in [2.75, 3.05) is 13.6 Å². The number of carbonyl (C=O) groups is 1. The summed E-state index contributed by atoms with van der Waals surface area (Å²) >= 11 is 0. The average Bonchev–Trinajstić information content (AvgIpc) is 3.39. The number of ether oxygens (including phenoxy) is 4. The summed E-state index contributed by atoms with van der Waals surface area (Å²) in [6.07, 6.45) is 6.59. The molecule has 0 N–H and O–H groups in total. The van der Waals surface area contributed by atoms with Gasteiger partial charge in [0.2, 0.25) is 13.6 Å². The van der Waals surface area contributed by atoms with Gasteiger partial charge in [0.25, 0.3) is 0 Å². The Kier molecular flexibility index (Phi) is 4.51. The van der Waals surface area contributed by atoms with E-state index in [1.165, 1.54) is 0 Å². The van der Waals surface area contributed by atoms with Gasteiger partial charge in [-0.25, -0.2) is 0 Å². The molecule has 5 rings (SSSR count). The first kappa shape index (κ1) is 17.9. The normalized spacial score (nSPS) is 22.5. The summed E-state index contributed by atoms with van der Waals surface area (Å²) in [6, 6.07) is 11.6. The van der Waals surface area contributed by atoms with Crippen molar-refractivity contribution >= 4 is 17.9 Å². The number of Topliss-reactive ketones (excluding diaryl/α,β-unsaturated/α-hetero) is 1. The SMILES string of the molecule is CCC1C/C(=C/c2ccc3c(c2)OCO3)C(=O)/C(=C/c2ccc3c(c2)OCO3)C1. The van der Waals surface area contributed by atoms with Crippen LogP contribution in [0.2, 0.25) is 0 Å². The van der Waals surface area contributed by atoms with Crippen LogP contribution in [0.25, 0.3) is 12.2 Å². The number of ketones is 1. The quantitative estimate of drug-likeness (QED) is 0.691. The fourth-order valence-electron chi connectivity index (χ4n) is 4.03. The zero-order chi connectivity index (χ0) is 19.8. The summed E-state index contributed by atoms with van der Waals surface area (Å²) in [5, 5.41) is 0. The van der Waals surface area contributed by atoms with E-state index in [0.29, 0.717) is 5.92 Å². The Hall–Kier alpha value is -3.21. The van der Waals surface area contributed by atoms with Crippen LogP contribution < -0.4 is 18.9 Å². The molecule has 148 valence electrons. The molecule has 5 nitrogen and oxygen atoms in total. The molecule has 0 radical (unpaired) electrons. The highest BCUT2D eigenvalue weighted by atomic mass is 16.7. The van der Waals surface area contributed by atoms with Gasteiger partial charge >= 0.3 is 0 Å². The second-order valence-corrected chi connectivity index (χ2v) is 7.58. The Morgan fingerprint density at radius 1 is 0.793 bits per heavy atom. The van der Waals surface area contributed by atoms with Gasteiger partial charge in [-0.1, -0.05) is 25.5 Å². The first-order chi connectivity index (χ1) is 14.2. The van der Waals surface area contributed by atoms with Crippen molar-refractivity contribution in [3.63, 3.8) is 0 Å². The van der Waals surface area contributed by atoms with Crippen LogP contribution >= 0.6 is 0 Å². The maximum absolute atomic E-state index is 13.2. The topological polar surface area (TPSA) is 54.0 Å². The monoisotopic (exact) mass is 390 g/mol.